The van der Waals surface area contributed by atoms with Crippen molar-refractivity contribution in [2.75, 3.05) is 26.8 Å². The van der Waals surface area contributed by atoms with E-state index in [-0.39, 0.29) is 5.91 Å². The maximum atomic E-state index is 12.5. The number of fused-ring (bicyclic) bond motifs is 1. The van der Waals surface area contributed by atoms with Crippen LogP contribution in [0.2, 0.25) is 0 Å². The molecule has 0 saturated carbocycles. The fourth-order valence-corrected chi connectivity index (χ4v) is 2.76. The van der Waals surface area contributed by atoms with Crippen molar-refractivity contribution in [3.8, 4) is 11.5 Å². The van der Waals surface area contributed by atoms with Crippen molar-refractivity contribution >= 4 is 12.0 Å². The van der Waals surface area contributed by atoms with Crippen molar-refractivity contribution < 1.29 is 14.3 Å². The first-order valence-corrected chi connectivity index (χ1v) is 7.09. The van der Waals surface area contributed by atoms with E-state index in [9.17, 15) is 4.79 Å². The number of piperidine rings is 1. The Morgan fingerprint density at radius 1 is 1.25 bits per heavy atom. The predicted octanol–water partition coefficient (Wildman–Crippen LogP) is 2.48. The number of rotatable bonds is 2. The first-order valence-electron chi connectivity index (χ1n) is 7.09. The van der Waals surface area contributed by atoms with Crippen LogP contribution in [0.1, 0.15) is 24.8 Å². The van der Waals surface area contributed by atoms with E-state index >= 15 is 0 Å². The largest absolute Gasteiger partial charge is 0.493 e. The molecule has 1 aromatic carbocycles. The SMILES string of the molecule is COc1cccc2c1OCC(C(=O)N1CCCCC1)=C2. The zero-order chi connectivity index (χ0) is 13.9. The Morgan fingerprint density at radius 2 is 2.05 bits per heavy atom. The number of ether oxygens (including phenoxy) is 2. The van der Waals surface area contributed by atoms with Gasteiger partial charge < -0.3 is 14.4 Å². The number of amides is 1. The van der Waals surface area contributed by atoms with Crippen LogP contribution in [0.5, 0.6) is 11.5 Å². The number of nitrogens with zero attached hydrogens (tertiary/aromatic N) is 1. The molecule has 3 rings (SSSR count). The molecule has 20 heavy (non-hydrogen) atoms. The maximum absolute atomic E-state index is 12.5. The van der Waals surface area contributed by atoms with Gasteiger partial charge in [0.2, 0.25) is 0 Å². The summed E-state index contributed by atoms with van der Waals surface area (Å²) in [6.07, 6.45) is 5.35. The molecule has 0 unspecified atom stereocenters. The van der Waals surface area contributed by atoms with Crippen LogP contribution in [0.4, 0.5) is 0 Å². The predicted molar refractivity (Wildman–Crippen MR) is 76.9 cm³/mol. The Kier molecular flexibility index (Phi) is 3.63. The number of hydrogen-bond donors (Lipinski definition) is 0. The third-order valence-electron chi connectivity index (χ3n) is 3.85. The normalized spacial score (nSPS) is 17.9. The summed E-state index contributed by atoms with van der Waals surface area (Å²) in [5, 5.41) is 0. The lowest BCUT2D eigenvalue weighted by molar-refractivity contribution is -0.128. The summed E-state index contributed by atoms with van der Waals surface area (Å²) in [6.45, 7) is 2.05. The highest BCUT2D eigenvalue weighted by Crippen LogP contribution is 2.35. The Balaban J connectivity index is 1.84. The lowest BCUT2D eigenvalue weighted by atomic mass is 10.0. The summed E-state index contributed by atoms with van der Waals surface area (Å²) in [5.74, 6) is 1.55. The summed E-state index contributed by atoms with van der Waals surface area (Å²) in [5.41, 5.74) is 1.64. The van der Waals surface area contributed by atoms with E-state index in [0.29, 0.717) is 12.4 Å². The number of carbonyl (C=O) groups excluding carboxylic acids is 1. The summed E-state index contributed by atoms with van der Waals surface area (Å²) in [7, 11) is 1.62. The van der Waals surface area contributed by atoms with Crippen LogP contribution in [0.25, 0.3) is 6.08 Å². The highest BCUT2D eigenvalue weighted by molar-refractivity contribution is 5.99. The second kappa shape index (κ2) is 5.57. The van der Waals surface area contributed by atoms with Gasteiger partial charge in [0.15, 0.2) is 11.5 Å². The standard InChI is InChI=1S/C16H19NO3/c1-19-14-7-5-6-12-10-13(11-20-15(12)14)16(18)17-8-3-2-4-9-17/h5-7,10H,2-4,8-9,11H2,1H3. The van der Waals surface area contributed by atoms with Gasteiger partial charge in [-0.15, -0.1) is 0 Å². The van der Waals surface area contributed by atoms with Crippen molar-refractivity contribution in [3.05, 3.63) is 29.3 Å². The number of carbonyl (C=O) groups is 1. The molecular weight excluding hydrogens is 254 g/mol. The highest BCUT2D eigenvalue weighted by Gasteiger charge is 2.24. The highest BCUT2D eigenvalue weighted by atomic mass is 16.5. The van der Waals surface area contributed by atoms with E-state index in [1.165, 1.54) is 6.42 Å². The maximum Gasteiger partial charge on any atom is 0.253 e. The van der Waals surface area contributed by atoms with E-state index < -0.39 is 0 Å². The molecular formula is C16H19NO3. The molecule has 2 aliphatic rings. The average molecular weight is 273 g/mol. The molecule has 0 bridgehead atoms. The molecule has 4 heteroatoms. The molecule has 0 N–H and O–H groups in total. The third kappa shape index (κ3) is 2.38. The molecule has 106 valence electrons. The van der Waals surface area contributed by atoms with Gasteiger partial charge in [0, 0.05) is 18.7 Å². The van der Waals surface area contributed by atoms with Crippen LogP contribution in [0.3, 0.4) is 0 Å². The molecule has 1 amide bonds. The van der Waals surface area contributed by atoms with Gasteiger partial charge in [-0.1, -0.05) is 12.1 Å². The molecule has 0 radical (unpaired) electrons. The van der Waals surface area contributed by atoms with Crippen molar-refractivity contribution in [2.24, 2.45) is 0 Å². The molecule has 2 heterocycles. The monoisotopic (exact) mass is 273 g/mol. The molecule has 1 aromatic rings. The van der Waals surface area contributed by atoms with Gasteiger partial charge in [-0.2, -0.15) is 0 Å². The molecule has 4 nitrogen and oxygen atoms in total. The second-order valence-electron chi connectivity index (χ2n) is 5.19. The van der Waals surface area contributed by atoms with Crippen molar-refractivity contribution in [2.45, 2.75) is 19.3 Å². The van der Waals surface area contributed by atoms with E-state index in [1.807, 2.05) is 29.2 Å². The number of para-hydroxylation sites is 1. The minimum atomic E-state index is 0.109. The number of benzene rings is 1. The molecule has 0 aromatic heterocycles. The minimum Gasteiger partial charge on any atom is -0.493 e. The average Bonchev–Trinajstić information content (AvgIpc) is 2.53. The van der Waals surface area contributed by atoms with E-state index in [1.54, 1.807) is 7.11 Å². The second-order valence-corrected chi connectivity index (χ2v) is 5.19. The van der Waals surface area contributed by atoms with Crippen LogP contribution in [-0.2, 0) is 4.79 Å². The Hall–Kier alpha value is -1.97. The zero-order valence-corrected chi connectivity index (χ0v) is 11.7. The van der Waals surface area contributed by atoms with Crippen molar-refractivity contribution in [1.82, 2.24) is 4.90 Å². The van der Waals surface area contributed by atoms with Gasteiger partial charge in [-0.05, 0) is 31.4 Å². The molecule has 1 fully saturated rings. The lowest BCUT2D eigenvalue weighted by Gasteiger charge is -2.29. The third-order valence-corrected chi connectivity index (χ3v) is 3.85. The summed E-state index contributed by atoms with van der Waals surface area (Å²) in [6, 6.07) is 5.72. The van der Waals surface area contributed by atoms with Crippen LogP contribution in [-0.4, -0.2) is 37.6 Å². The topological polar surface area (TPSA) is 38.8 Å². The van der Waals surface area contributed by atoms with Crippen LogP contribution in [0.15, 0.2) is 23.8 Å². The fourth-order valence-electron chi connectivity index (χ4n) is 2.76. The van der Waals surface area contributed by atoms with Gasteiger partial charge in [-0.25, -0.2) is 0 Å². The summed E-state index contributed by atoms with van der Waals surface area (Å²) in [4.78, 5) is 14.4. The Morgan fingerprint density at radius 3 is 2.80 bits per heavy atom. The first-order chi connectivity index (χ1) is 9.79. The smallest absolute Gasteiger partial charge is 0.253 e. The summed E-state index contributed by atoms with van der Waals surface area (Å²) >= 11 is 0. The number of likely N-dealkylation sites (tertiary alicyclic amines) is 1. The van der Waals surface area contributed by atoms with Gasteiger partial charge in [0.05, 0.1) is 12.7 Å². The van der Waals surface area contributed by atoms with Crippen molar-refractivity contribution in [1.29, 1.82) is 0 Å². The number of hydrogen-bond acceptors (Lipinski definition) is 3. The molecule has 0 atom stereocenters. The van der Waals surface area contributed by atoms with Crippen LogP contribution >= 0.6 is 0 Å². The van der Waals surface area contributed by atoms with Crippen LogP contribution in [0, 0.1) is 0 Å². The van der Waals surface area contributed by atoms with Gasteiger partial charge in [0.25, 0.3) is 5.91 Å². The van der Waals surface area contributed by atoms with E-state index in [4.69, 9.17) is 9.47 Å². The van der Waals surface area contributed by atoms with E-state index in [2.05, 4.69) is 0 Å². The Labute approximate surface area is 119 Å². The molecule has 0 spiro atoms. The van der Waals surface area contributed by atoms with Crippen molar-refractivity contribution in [3.63, 3.8) is 0 Å². The lowest BCUT2D eigenvalue weighted by Crippen LogP contribution is -2.38. The van der Waals surface area contributed by atoms with Gasteiger partial charge in [0.1, 0.15) is 6.61 Å². The molecule has 0 aliphatic carbocycles. The minimum absolute atomic E-state index is 0.109. The van der Waals surface area contributed by atoms with Crippen LogP contribution < -0.4 is 9.47 Å². The molecule has 2 aliphatic heterocycles. The van der Waals surface area contributed by atoms with E-state index in [0.717, 1.165) is 42.8 Å². The summed E-state index contributed by atoms with van der Waals surface area (Å²) < 4.78 is 11.0. The Bertz CT molecular complexity index is 545. The fraction of sp³-hybridized carbons (Fsp3) is 0.438. The molecule has 1 saturated heterocycles. The van der Waals surface area contributed by atoms with Gasteiger partial charge in [-0.3, -0.25) is 4.79 Å². The number of methoxy groups -OCH3 is 1. The zero-order valence-electron chi connectivity index (χ0n) is 11.7. The quantitative estimate of drug-likeness (QED) is 0.831. The first kappa shape index (κ1) is 13.0. The van der Waals surface area contributed by atoms with Gasteiger partial charge >= 0.3 is 0 Å².